The molecule has 4 N–H and O–H groups in total. The van der Waals surface area contributed by atoms with E-state index in [0.717, 1.165) is 17.7 Å². The summed E-state index contributed by atoms with van der Waals surface area (Å²) in [5.74, 6) is -12.1. The highest BCUT2D eigenvalue weighted by Gasteiger charge is 2.43. The second-order valence-corrected chi connectivity index (χ2v) is 30.8. The first-order chi connectivity index (χ1) is 46.3. The van der Waals surface area contributed by atoms with Gasteiger partial charge in [0.25, 0.3) is 0 Å². The summed E-state index contributed by atoms with van der Waals surface area (Å²) in [6.07, 6.45) is 2.72. The predicted molar refractivity (Wildman–Crippen MR) is 388 cm³/mol. The molecule has 1 aliphatic rings. The number of hydroxylamine groups is 2. The fourth-order valence-corrected chi connectivity index (χ4v) is 12.8. The number of aliphatic hydroxyl groups excluding tert-OH is 1. The summed E-state index contributed by atoms with van der Waals surface area (Å²) < 4.78 is 6.08. The summed E-state index contributed by atoms with van der Waals surface area (Å²) in [7, 11) is 10.6. The molecule has 13 atom stereocenters. The second kappa shape index (κ2) is 46.4. The average Bonchev–Trinajstić information content (AvgIpc) is 0.827. The Bertz CT molecular complexity index is 2690. The molecule has 1 heterocycles. The number of aliphatic hydroxyl groups is 1. The summed E-state index contributed by atoms with van der Waals surface area (Å²) in [6, 6.07) is -6.90. The Hall–Kier alpha value is -6.27. The fourth-order valence-electron chi connectivity index (χ4n) is 12.8. The molecule has 0 bridgehead atoms. The third kappa shape index (κ3) is 32.0. The number of carbonyl (C=O) groups excluding carboxylic acids is 13. The van der Waals surface area contributed by atoms with Crippen LogP contribution in [0.3, 0.4) is 0 Å². The zero-order valence-corrected chi connectivity index (χ0v) is 65.9. The van der Waals surface area contributed by atoms with Crippen molar-refractivity contribution in [2.75, 3.05) is 55.9 Å². The van der Waals surface area contributed by atoms with Gasteiger partial charge in [-0.15, -0.1) is 0 Å². The lowest BCUT2D eigenvalue weighted by Crippen LogP contribution is -2.53. The Morgan fingerprint density at radius 2 is 1.08 bits per heavy atom. The molecule has 0 spiro atoms. The van der Waals surface area contributed by atoms with E-state index in [1.54, 1.807) is 80.5 Å². The van der Waals surface area contributed by atoms with E-state index in [4.69, 9.17) is 4.74 Å². The Kier molecular flexibility index (Phi) is 43.5. The minimum atomic E-state index is -1.41. The van der Waals surface area contributed by atoms with Gasteiger partial charge in [-0.1, -0.05) is 122 Å². The van der Waals surface area contributed by atoms with Crippen molar-refractivity contribution in [2.45, 2.75) is 276 Å². The number of carbonyl (C=O) groups is 13. The molecule has 1 aliphatic heterocycles. The Morgan fingerprint density at radius 3 is 1.56 bits per heavy atom. The van der Waals surface area contributed by atoms with E-state index in [1.807, 2.05) is 47.6 Å². The topological polar surface area (TPSA) is 315 Å². The number of ketones is 5. The van der Waals surface area contributed by atoms with E-state index >= 15 is 0 Å². The molecule has 0 aromatic rings. The number of allylic oxidation sites excluding steroid dienone is 2. The van der Waals surface area contributed by atoms with Gasteiger partial charge in [0, 0.05) is 125 Å². The summed E-state index contributed by atoms with van der Waals surface area (Å²) in [5, 5.41) is 27.5. The molecule has 574 valence electrons. The van der Waals surface area contributed by atoms with Crippen LogP contribution in [0.1, 0.15) is 227 Å². The Labute approximate surface area is 600 Å². The molecular formula is C76H134N8O16. The quantitative estimate of drug-likeness (QED) is 0.0321. The molecule has 1 rings (SSSR count). The smallest absolute Gasteiger partial charge is 0.245 e. The lowest BCUT2D eigenvalue weighted by Gasteiger charge is -2.36. The molecule has 0 aromatic heterocycles. The number of nitrogens with zero attached hydrogens (tertiary/aromatic N) is 6. The summed E-state index contributed by atoms with van der Waals surface area (Å²) in [4.78, 5) is 190. The SMILES string of the molecule is C/C=C/C[C@@H](C)[C@@H](O)[C@@H]1CC(=O)[C@H](C(C)C)N(C)C(=O)[C@H](CC(C)C)CC(=O)[C@H](CC(C)C)N(C)C(=O)[C@@H](C)NC(=O)[C@H](C)CC(=O)[C@H](CC(C)C)N(C)C(=O)[C@H](C(C)C)CC(=O)[C@H]([C@@H](C)OCCCC(=O)N(C)O)N(C)C(=O)CCC(=O)[C@H](CC)NC1=O.CC(C)CCCC(=O)N(C)C. The normalized spacial score (nSPS) is 24.8. The lowest BCUT2D eigenvalue weighted by molar-refractivity contribution is -0.159. The van der Waals surface area contributed by atoms with Gasteiger partial charge in [0.05, 0.1) is 42.3 Å². The molecule has 1 saturated heterocycles. The first kappa shape index (κ1) is 93.7. The van der Waals surface area contributed by atoms with Gasteiger partial charge in [0.15, 0.2) is 28.9 Å². The monoisotopic (exact) mass is 1410 g/mol. The number of rotatable bonds is 23. The van der Waals surface area contributed by atoms with E-state index < -0.39 is 186 Å². The third-order valence-corrected chi connectivity index (χ3v) is 19.0. The van der Waals surface area contributed by atoms with Gasteiger partial charge >= 0.3 is 0 Å². The number of amides is 8. The number of nitrogens with one attached hydrogen (secondary N) is 2. The van der Waals surface area contributed by atoms with Crippen LogP contribution in [0.5, 0.6) is 0 Å². The molecule has 0 unspecified atom stereocenters. The summed E-state index contributed by atoms with van der Waals surface area (Å²) >= 11 is 0. The van der Waals surface area contributed by atoms with Gasteiger partial charge in [0.1, 0.15) is 12.1 Å². The van der Waals surface area contributed by atoms with Gasteiger partial charge in [-0.2, -0.15) is 0 Å². The van der Waals surface area contributed by atoms with Crippen LogP contribution in [0, 0.1) is 65.1 Å². The molecule has 1 fully saturated rings. The first-order valence-electron chi connectivity index (χ1n) is 36.7. The van der Waals surface area contributed by atoms with Crippen LogP contribution in [0.25, 0.3) is 0 Å². The molecule has 24 nitrogen and oxygen atoms in total. The van der Waals surface area contributed by atoms with Crippen molar-refractivity contribution >= 4 is 76.2 Å². The summed E-state index contributed by atoms with van der Waals surface area (Å²) in [5.41, 5.74) is 0. The maximum absolute atomic E-state index is 14.9. The van der Waals surface area contributed by atoms with Crippen molar-refractivity contribution in [3.8, 4) is 0 Å². The second-order valence-electron chi connectivity index (χ2n) is 30.8. The highest BCUT2D eigenvalue weighted by molar-refractivity contribution is 5.99. The zero-order valence-electron chi connectivity index (χ0n) is 65.9. The number of likely N-dealkylation sites (N-methyl/N-ethyl adjacent to an activating group) is 4. The molecular weight excluding hydrogens is 1280 g/mol. The van der Waals surface area contributed by atoms with Crippen molar-refractivity contribution in [2.24, 2.45) is 65.1 Å². The number of Topliss-reactive ketones (excluding diaryl/α,β-unsaturated/α-hetero) is 5. The largest absolute Gasteiger partial charge is 0.392 e. The van der Waals surface area contributed by atoms with Crippen molar-refractivity contribution in [3.05, 3.63) is 12.2 Å². The van der Waals surface area contributed by atoms with Gasteiger partial charge in [-0.25, -0.2) is 5.06 Å². The van der Waals surface area contributed by atoms with E-state index in [-0.39, 0.29) is 81.6 Å². The maximum Gasteiger partial charge on any atom is 0.245 e. The number of hydrogen-bond donors (Lipinski definition) is 4. The Morgan fingerprint density at radius 1 is 0.570 bits per heavy atom. The van der Waals surface area contributed by atoms with E-state index in [1.165, 1.54) is 63.8 Å². The van der Waals surface area contributed by atoms with Crippen LogP contribution >= 0.6 is 0 Å². The molecule has 0 saturated carbocycles. The van der Waals surface area contributed by atoms with E-state index in [2.05, 4.69) is 24.5 Å². The van der Waals surface area contributed by atoms with Gasteiger partial charge < -0.3 is 45.0 Å². The van der Waals surface area contributed by atoms with Crippen LogP contribution in [-0.2, 0) is 67.1 Å². The van der Waals surface area contributed by atoms with Crippen molar-refractivity contribution < 1.29 is 77.4 Å². The van der Waals surface area contributed by atoms with Crippen molar-refractivity contribution in [3.63, 3.8) is 0 Å². The first-order valence-corrected chi connectivity index (χ1v) is 36.7. The predicted octanol–water partition coefficient (Wildman–Crippen LogP) is 8.73. The molecule has 0 aromatic carbocycles. The van der Waals surface area contributed by atoms with Crippen LogP contribution in [-0.4, -0.2) is 220 Å². The third-order valence-electron chi connectivity index (χ3n) is 19.0. The summed E-state index contributed by atoms with van der Waals surface area (Å²) in [6.45, 7) is 32.3. The van der Waals surface area contributed by atoms with E-state index in [0.29, 0.717) is 23.8 Å². The number of hydrogen-bond acceptors (Lipinski definition) is 16. The lowest BCUT2D eigenvalue weighted by atomic mass is 9.82. The average molecular weight is 1420 g/mol. The molecule has 100 heavy (non-hydrogen) atoms. The van der Waals surface area contributed by atoms with Crippen molar-refractivity contribution in [1.82, 2.24) is 40.2 Å². The van der Waals surface area contributed by atoms with Gasteiger partial charge in [-0.05, 0) is 107 Å². The number of ether oxygens (including phenoxy) is 1. The molecule has 0 aliphatic carbocycles. The Balaban J connectivity index is 0.00000812. The van der Waals surface area contributed by atoms with Gasteiger partial charge in [-0.3, -0.25) is 67.5 Å². The van der Waals surface area contributed by atoms with E-state index in [9.17, 15) is 72.6 Å². The molecule has 8 amide bonds. The fraction of sp³-hybridized carbons (Fsp3) is 0.803. The highest BCUT2D eigenvalue weighted by Crippen LogP contribution is 2.30. The maximum atomic E-state index is 14.9. The van der Waals surface area contributed by atoms with Crippen LogP contribution in [0.15, 0.2) is 12.2 Å². The van der Waals surface area contributed by atoms with Gasteiger partial charge in [0.2, 0.25) is 47.3 Å². The van der Waals surface area contributed by atoms with Crippen LogP contribution < -0.4 is 10.6 Å². The van der Waals surface area contributed by atoms with Crippen LogP contribution in [0.2, 0.25) is 0 Å². The van der Waals surface area contributed by atoms with Crippen molar-refractivity contribution in [1.29, 1.82) is 0 Å². The minimum absolute atomic E-state index is 0.0552. The molecule has 0 radical (unpaired) electrons. The minimum Gasteiger partial charge on any atom is -0.392 e. The standard InChI is InChI=1S/C67H115N7O15.C9H19NO/c1-22-24-26-43(13)62(82)49-37-56(78)60(42(11)12)73(20)66(86)47(31-38(3)4)35-55(77)52(33-40(7)8)70(17)65(85)45(15)68-63(83)44(14)34-54(76)51(32-39(5)6)71(18)67(87)48(41(9)10)36-57(79)61(46(16)89-30-25-27-59(81)74(21)88)72(19)58(80)29-28-53(75)50(23-2)69-64(49)84;1-8(2)6-5-7-9(11)10(3)4/h22,24,38-52,60-62,82,88H,23,25-37H2,1-21H3,(H,68,83)(H,69,84);8H,5-7H2,1-4H3/b24-22+;/t43-,44-,45-,46-,47-,48+,49+,50+,51+,52+,60+,61+,62-;/m1./s1. The highest BCUT2D eigenvalue weighted by atomic mass is 16.5. The van der Waals surface area contributed by atoms with Crippen LogP contribution in [0.4, 0.5) is 0 Å². The zero-order chi connectivity index (χ0) is 77.5. The molecule has 24 heteroatoms.